The van der Waals surface area contributed by atoms with E-state index >= 15 is 0 Å². The van der Waals surface area contributed by atoms with Crippen molar-refractivity contribution in [2.75, 3.05) is 7.11 Å². The van der Waals surface area contributed by atoms with Gasteiger partial charge in [-0.1, -0.05) is 0 Å². The van der Waals surface area contributed by atoms with Gasteiger partial charge in [-0.2, -0.15) is 5.10 Å². The molecule has 6 nitrogen and oxygen atoms in total. The molecule has 2 rings (SSSR count). The number of rotatable bonds is 6. The molecular formula is C14H16N4O2. The van der Waals surface area contributed by atoms with Gasteiger partial charge in [0, 0.05) is 25.1 Å². The fraction of sp³-hybridized carbons (Fsp3) is 0.214. The monoisotopic (exact) mass is 272 g/mol. The Labute approximate surface area is 116 Å². The lowest BCUT2D eigenvalue weighted by atomic mass is 10.2. The first-order valence-electron chi connectivity index (χ1n) is 6.10. The summed E-state index contributed by atoms with van der Waals surface area (Å²) >= 11 is 0. The van der Waals surface area contributed by atoms with Crippen LogP contribution in [0.2, 0.25) is 0 Å². The van der Waals surface area contributed by atoms with Crippen LogP contribution in [-0.4, -0.2) is 29.9 Å². The molecule has 1 aromatic carbocycles. The van der Waals surface area contributed by atoms with Crippen molar-refractivity contribution in [3.8, 4) is 0 Å². The lowest BCUT2D eigenvalue weighted by Crippen LogP contribution is -2.03. The zero-order valence-electron chi connectivity index (χ0n) is 11.2. The maximum atomic E-state index is 10.4. The molecule has 0 atom stereocenters. The minimum absolute atomic E-state index is 0.159. The number of nitrogens with two attached hydrogens (primary N) is 1. The zero-order valence-corrected chi connectivity index (χ0v) is 11.2. The van der Waals surface area contributed by atoms with Gasteiger partial charge < -0.3 is 19.9 Å². The van der Waals surface area contributed by atoms with Crippen molar-refractivity contribution in [1.82, 2.24) is 4.57 Å². The average Bonchev–Trinajstić information content (AvgIpc) is 2.86. The molecule has 0 aliphatic heterocycles. The molecule has 0 fully saturated rings. The summed E-state index contributed by atoms with van der Waals surface area (Å²) in [5, 5.41) is 4.57. The topological polar surface area (TPSA) is 82.0 Å². The van der Waals surface area contributed by atoms with Crippen LogP contribution in [-0.2, 0) is 16.3 Å². The Kier molecular flexibility index (Phi) is 4.62. The van der Waals surface area contributed by atoms with Crippen molar-refractivity contribution in [2.45, 2.75) is 13.2 Å². The molecule has 6 heteroatoms. The number of aldehydes is 1. The van der Waals surface area contributed by atoms with E-state index in [1.54, 1.807) is 7.11 Å². The summed E-state index contributed by atoms with van der Waals surface area (Å²) in [4.78, 5) is 14.7. The van der Waals surface area contributed by atoms with Crippen LogP contribution >= 0.6 is 0 Å². The van der Waals surface area contributed by atoms with E-state index in [0.29, 0.717) is 12.4 Å². The van der Waals surface area contributed by atoms with Gasteiger partial charge in [-0.3, -0.25) is 4.99 Å². The molecule has 0 saturated heterocycles. The lowest BCUT2D eigenvalue weighted by Gasteiger charge is -2.03. The third-order valence-corrected chi connectivity index (χ3v) is 2.84. The molecule has 104 valence electrons. The molecule has 0 radical (unpaired) electrons. The molecule has 0 spiro atoms. The molecule has 2 N–H and O–H groups in total. The predicted octanol–water partition coefficient (Wildman–Crippen LogP) is 1.85. The molecular weight excluding hydrogens is 256 g/mol. The Bertz CT molecular complexity index is 658. The standard InChI is InChI=1S/C14H16N4O2/c1-20-10-18-6-4-11-8-12(2-3-14(11)18)16-9-13(17-15)5-7-19/h2-4,6-9H,5,10,15H2,1H3. The molecule has 1 heterocycles. The van der Waals surface area contributed by atoms with E-state index in [0.717, 1.165) is 22.9 Å². The van der Waals surface area contributed by atoms with Crippen molar-refractivity contribution in [3.63, 3.8) is 0 Å². The number of carbonyl (C=O) groups is 1. The fourth-order valence-corrected chi connectivity index (χ4v) is 1.89. The predicted molar refractivity (Wildman–Crippen MR) is 79.4 cm³/mol. The van der Waals surface area contributed by atoms with Gasteiger partial charge in [-0.15, -0.1) is 0 Å². The Morgan fingerprint density at radius 3 is 3.00 bits per heavy atom. The number of hydrazone groups is 1. The van der Waals surface area contributed by atoms with Crippen LogP contribution in [0.3, 0.4) is 0 Å². The van der Waals surface area contributed by atoms with Crippen LogP contribution < -0.4 is 5.84 Å². The van der Waals surface area contributed by atoms with Gasteiger partial charge in [0.2, 0.25) is 0 Å². The van der Waals surface area contributed by atoms with Crippen molar-refractivity contribution in [1.29, 1.82) is 0 Å². The van der Waals surface area contributed by atoms with E-state index in [1.807, 2.05) is 35.0 Å². The summed E-state index contributed by atoms with van der Waals surface area (Å²) < 4.78 is 7.12. The Balaban J connectivity index is 2.24. The van der Waals surface area contributed by atoms with Gasteiger partial charge in [0.25, 0.3) is 0 Å². The van der Waals surface area contributed by atoms with Crippen LogP contribution in [0.1, 0.15) is 6.42 Å². The molecule has 20 heavy (non-hydrogen) atoms. The molecule has 1 aromatic heterocycles. The third kappa shape index (κ3) is 3.10. The second kappa shape index (κ2) is 6.63. The van der Waals surface area contributed by atoms with E-state index in [2.05, 4.69) is 10.1 Å². The van der Waals surface area contributed by atoms with Crippen molar-refractivity contribution < 1.29 is 9.53 Å². The Hall–Kier alpha value is -2.47. The largest absolute Gasteiger partial charge is 0.364 e. The molecule has 0 aliphatic rings. The number of aromatic nitrogens is 1. The summed E-state index contributed by atoms with van der Waals surface area (Å²) in [6, 6.07) is 7.81. The van der Waals surface area contributed by atoms with Gasteiger partial charge in [-0.25, -0.2) is 0 Å². The number of hydrogen-bond donors (Lipinski definition) is 1. The first kappa shape index (κ1) is 14.0. The first-order valence-corrected chi connectivity index (χ1v) is 6.10. The number of nitrogens with zero attached hydrogens (tertiary/aromatic N) is 3. The Morgan fingerprint density at radius 1 is 1.45 bits per heavy atom. The SMILES string of the molecule is COCn1ccc2cc(N=CC(CC=O)=NN)ccc21. The third-order valence-electron chi connectivity index (χ3n) is 2.84. The van der Waals surface area contributed by atoms with E-state index in [-0.39, 0.29) is 6.42 Å². The lowest BCUT2D eigenvalue weighted by molar-refractivity contribution is -0.106. The fourth-order valence-electron chi connectivity index (χ4n) is 1.89. The second-order valence-electron chi connectivity index (χ2n) is 4.20. The van der Waals surface area contributed by atoms with Gasteiger partial charge in [-0.05, 0) is 24.3 Å². The number of carbonyl (C=O) groups excluding carboxylic acids is 1. The quantitative estimate of drug-likeness (QED) is 0.377. The highest BCUT2D eigenvalue weighted by atomic mass is 16.5. The summed E-state index contributed by atoms with van der Waals surface area (Å²) in [6.45, 7) is 0.509. The van der Waals surface area contributed by atoms with Crippen LogP contribution in [0.25, 0.3) is 10.9 Å². The number of methoxy groups -OCH3 is 1. The van der Waals surface area contributed by atoms with Gasteiger partial charge >= 0.3 is 0 Å². The minimum atomic E-state index is 0.159. The summed E-state index contributed by atoms with van der Waals surface area (Å²) in [6.07, 6.45) is 4.36. The van der Waals surface area contributed by atoms with Gasteiger partial charge in [0.1, 0.15) is 13.0 Å². The van der Waals surface area contributed by atoms with E-state index in [1.165, 1.54) is 6.21 Å². The number of benzene rings is 1. The molecule has 0 saturated carbocycles. The zero-order chi connectivity index (χ0) is 14.4. The van der Waals surface area contributed by atoms with Crippen LogP contribution in [0, 0.1) is 0 Å². The number of fused-ring (bicyclic) bond motifs is 1. The number of ether oxygens (including phenoxy) is 1. The summed E-state index contributed by atoms with van der Waals surface area (Å²) in [5.41, 5.74) is 2.29. The van der Waals surface area contributed by atoms with Crippen LogP contribution in [0.15, 0.2) is 40.6 Å². The number of hydrogen-bond acceptors (Lipinski definition) is 5. The highest BCUT2D eigenvalue weighted by Crippen LogP contribution is 2.22. The molecule has 0 amide bonds. The van der Waals surface area contributed by atoms with Crippen LogP contribution in [0.5, 0.6) is 0 Å². The molecule has 2 aromatic rings. The normalized spacial score (nSPS) is 12.3. The highest BCUT2D eigenvalue weighted by molar-refractivity contribution is 6.33. The van der Waals surface area contributed by atoms with Crippen molar-refractivity contribution >= 4 is 34.8 Å². The minimum Gasteiger partial charge on any atom is -0.364 e. The average molecular weight is 272 g/mol. The molecule has 0 aliphatic carbocycles. The maximum Gasteiger partial charge on any atom is 0.126 e. The maximum absolute atomic E-state index is 10.4. The van der Waals surface area contributed by atoms with E-state index < -0.39 is 0 Å². The summed E-state index contributed by atoms with van der Waals surface area (Å²) in [5.74, 6) is 5.17. The van der Waals surface area contributed by atoms with Gasteiger partial charge in [0.15, 0.2) is 0 Å². The highest BCUT2D eigenvalue weighted by Gasteiger charge is 2.01. The molecule has 0 bridgehead atoms. The number of aliphatic imine (C=N–C) groups is 1. The Morgan fingerprint density at radius 2 is 2.30 bits per heavy atom. The van der Waals surface area contributed by atoms with Crippen molar-refractivity contribution in [2.24, 2.45) is 15.9 Å². The smallest absolute Gasteiger partial charge is 0.126 e. The molecule has 0 unspecified atom stereocenters. The van der Waals surface area contributed by atoms with Crippen molar-refractivity contribution in [3.05, 3.63) is 30.5 Å². The van der Waals surface area contributed by atoms with E-state index in [9.17, 15) is 4.79 Å². The second-order valence-corrected chi connectivity index (χ2v) is 4.20. The summed E-state index contributed by atoms with van der Waals surface area (Å²) in [7, 11) is 1.66. The van der Waals surface area contributed by atoms with Crippen LogP contribution in [0.4, 0.5) is 5.69 Å². The van der Waals surface area contributed by atoms with Gasteiger partial charge in [0.05, 0.1) is 23.1 Å². The van der Waals surface area contributed by atoms with E-state index in [4.69, 9.17) is 10.6 Å². The first-order chi connectivity index (χ1) is 9.78.